The lowest BCUT2D eigenvalue weighted by molar-refractivity contribution is 0.0953. The van der Waals surface area contributed by atoms with Gasteiger partial charge in [0.1, 0.15) is 17.0 Å². The number of amides is 1. The van der Waals surface area contributed by atoms with Crippen molar-refractivity contribution in [1.29, 1.82) is 0 Å². The van der Waals surface area contributed by atoms with E-state index in [-0.39, 0.29) is 11.7 Å². The molecule has 0 atom stereocenters. The van der Waals surface area contributed by atoms with E-state index in [4.69, 9.17) is 4.74 Å². The fourth-order valence-corrected chi connectivity index (χ4v) is 5.40. The van der Waals surface area contributed by atoms with E-state index in [0.29, 0.717) is 24.2 Å². The summed E-state index contributed by atoms with van der Waals surface area (Å²) in [6.07, 6.45) is 11.0. The van der Waals surface area contributed by atoms with E-state index >= 15 is 0 Å². The second-order valence-corrected chi connectivity index (χ2v) is 10.3. The number of rotatable bonds is 10. The SMILES string of the molecule is O=C(NCCCc1ccccc1)c1ccc(OCCC2CCCCC2)c(-c2cc(O)c3ncccc3c2)c1. The van der Waals surface area contributed by atoms with Gasteiger partial charge in [-0.3, -0.25) is 9.78 Å². The number of phenolic OH excluding ortho intramolecular Hbond substituents is 1. The Morgan fingerprint density at radius 3 is 2.66 bits per heavy atom. The monoisotopic (exact) mass is 508 g/mol. The van der Waals surface area contributed by atoms with Crippen molar-refractivity contribution < 1.29 is 14.6 Å². The standard InChI is InChI=1S/C33H36N2O3/c36-30-23-28(21-26-14-8-18-34-32(26)30)29-22-27(33(37)35-19-7-13-24-9-3-1-4-10-24)15-16-31(29)38-20-17-25-11-5-2-6-12-25/h1,3-4,8-10,14-16,18,21-23,25,36H,2,5-7,11-13,17,19-20H2,(H,35,37). The maximum Gasteiger partial charge on any atom is 0.251 e. The maximum absolute atomic E-state index is 13.0. The van der Waals surface area contributed by atoms with Crippen LogP contribution in [0, 0.1) is 5.92 Å². The highest BCUT2D eigenvalue weighted by molar-refractivity contribution is 5.97. The third-order valence-corrected chi connectivity index (χ3v) is 7.52. The quantitative estimate of drug-likeness (QED) is 0.220. The highest BCUT2D eigenvalue weighted by Crippen LogP contribution is 2.37. The summed E-state index contributed by atoms with van der Waals surface area (Å²) in [4.78, 5) is 17.3. The van der Waals surface area contributed by atoms with Crippen LogP contribution in [0.15, 0.2) is 79.0 Å². The molecule has 1 aliphatic carbocycles. The van der Waals surface area contributed by atoms with E-state index in [9.17, 15) is 9.90 Å². The molecule has 196 valence electrons. The zero-order valence-electron chi connectivity index (χ0n) is 21.9. The van der Waals surface area contributed by atoms with Gasteiger partial charge in [-0.2, -0.15) is 0 Å². The van der Waals surface area contributed by atoms with Gasteiger partial charge >= 0.3 is 0 Å². The molecule has 5 nitrogen and oxygen atoms in total. The second kappa shape index (κ2) is 12.6. The van der Waals surface area contributed by atoms with E-state index in [0.717, 1.165) is 47.4 Å². The van der Waals surface area contributed by atoms with Crippen molar-refractivity contribution in [2.45, 2.75) is 51.4 Å². The first-order valence-corrected chi connectivity index (χ1v) is 13.8. The lowest BCUT2D eigenvalue weighted by atomic mass is 9.87. The lowest BCUT2D eigenvalue weighted by Gasteiger charge is -2.22. The topological polar surface area (TPSA) is 71.5 Å². The van der Waals surface area contributed by atoms with Crippen molar-refractivity contribution in [1.82, 2.24) is 10.3 Å². The molecule has 5 rings (SSSR count). The van der Waals surface area contributed by atoms with Crippen LogP contribution >= 0.6 is 0 Å². The van der Waals surface area contributed by atoms with Gasteiger partial charge in [-0.1, -0.05) is 68.5 Å². The number of carbonyl (C=O) groups is 1. The first kappa shape index (κ1) is 25.8. The number of ether oxygens (including phenoxy) is 1. The summed E-state index contributed by atoms with van der Waals surface area (Å²) in [5.41, 5.74) is 4.00. The van der Waals surface area contributed by atoms with Crippen LogP contribution in [-0.4, -0.2) is 29.1 Å². The molecule has 0 bridgehead atoms. The fourth-order valence-electron chi connectivity index (χ4n) is 5.40. The van der Waals surface area contributed by atoms with Gasteiger partial charge < -0.3 is 15.2 Å². The number of pyridine rings is 1. The number of fused-ring (bicyclic) bond motifs is 1. The van der Waals surface area contributed by atoms with Crippen LogP contribution in [0.3, 0.4) is 0 Å². The van der Waals surface area contributed by atoms with Crippen LogP contribution in [0.1, 0.15) is 60.9 Å². The summed E-state index contributed by atoms with van der Waals surface area (Å²) in [6, 6.07) is 23.4. The van der Waals surface area contributed by atoms with Crippen molar-refractivity contribution in [3.63, 3.8) is 0 Å². The predicted molar refractivity (Wildman–Crippen MR) is 153 cm³/mol. The summed E-state index contributed by atoms with van der Waals surface area (Å²) < 4.78 is 6.30. The van der Waals surface area contributed by atoms with E-state index in [2.05, 4.69) is 22.4 Å². The second-order valence-electron chi connectivity index (χ2n) is 10.3. The normalized spacial score (nSPS) is 13.9. The number of aryl methyl sites for hydroxylation is 1. The van der Waals surface area contributed by atoms with Crippen LogP contribution in [0.5, 0.6) is 11.5 Å². The van der Waals surface area contributed by atoms with E-state index in [1.54, 1.807) is 12.3 Å². The smallest absolute Gasteiger partial charge is 0.251 e. The Labute approximate surface area is 224 Å². The van der Waals surface area contributed by atoms with E-state index in [1.165, 1.54) is 37.7 Å². The molecule has 1 saturated carbocycles. The van der Waals surface area contributed by atoms with Crippen LogP contribution < -0.4 is 10.1 Å². The van der Waals surface area contributed by atoms with Gasteiger partial charge in [0.2, 0.25) is 0 Å². The minimum absolute atomic E-state index is 0.111. The molecule has 1 heterocycles. The Morgan fingerprint density at radius 2 is 1.82 bits per heavy atom. The molecule has 1 aliphatic rings. The summed E-state index contributed by atoms with van der Waals surface area (Å²) in [6.45, 7) is 1.24. The Bertz CT molecular complexity index is 1360. The summed E-state index contributed by atoms with van der Waals surface area (Å²) in [7, 11) is 0. The van der Waals surface area contributed by atoms with E-state index < -0.39 is 0 Å². The number of carbonyl (C=O) groups excluding carboxylic acids is 1. The summed E-state index contributed by atoms with van der Waals surface area (Å²) in [5.74, 6) is 1.45. The maximum atomic E-state index is 13.0. The van der Waals surface area contributed by atoms with Gasteiger partial charge in [0, 0.05) is 29.3 Å². The zero-order valence-corrected chi connectivity index (χ0v) is 21.9. The Balaban J connectivity index is 1.33. The first-order chi connectivity index (χ1) is 18.7. The number of benzene rings is 3. The largest absolute Gasteiger partial charge is 0.506 e. The summed E-state index contributed by atoms with van der Waals surface area (Å²) in [5, 5.41) is 14.6. The van der Waals surface area contributed by atoms with Crippen LogP contribution in [0.25, 0.3) is 22.0 Å². The van der Waals surface area contributed by atoms with Crippen molar-refractivity contribution in [2.75, 3.05) is 13.2 Å². The minimum Gasteiger partial charge on any atom is -0.506 e. The van der Waals surface area contributed by atoms with Gasteiger partial charge in [-0.05, 0) is 72.7 Å². The Kier molecular flexibility index (Phi) is 8.54. The molecule has 0 spiro atoms. The molecule has 0 unspecified atom stereocenters. The number of nitrogens with one attached hydrogen (secondary N) is 1. The third-order valence-electron chi connectivity index (χ3n) is 7.52. The molecule has 0 radical (unpaired) electrons. The number of nitrogens with zero attached hydrogens (tertiary/aromatic N) is 1. The van der Waals surface area contributed by atoms with Crippen LogP contribution in [0.4, 0.5) is 0 Å². The molecule has 38 heavy (non-hydrogen) atoms. The van der Waals surface area contributed by atoms with Crippen molar-refractivity contribution >= 4 is 16.8 Å². The van der Waals surface area contributed by atoms with Gasteiger partial charge in [0.15, 0.2) is 0 Å². The molecule has 3 aromatic carbocycles. The average Bonchev–Trinajstić information content (AvgIpc) is 2.96. The lowest BCUT2D eigenvalue weighted by Crippen LogP contribution is -2.24. The Hall–Kier alpha value is -3.86. The highest BCUT2D eigenvalue weighted by atomic mass is 16.5. The van der Waals surface area contributed by atoms with Crippen molar-refractivity contribution in [3.05, 3.63) is 90.1 Å². The number of phenols is 1. The van der Waals surface area contributed by atoms with Gasteiger partial charge in [0.25, 0.3) is 5.91 Å². The molecular formula is C33H36N2O3. The van der Waals surface area contributed by atoms with Crippen LogP contribution in [0.2, 0.25) is 0 Å². The predicted octanol–water partition coefficient (Wildman–Crippen LogP) is 7.32. The van der Waals surface area contributed by atoms with Gasteiger partial charge in [-0.15, -0.1) is 0 Å². The number of hydrogen-bond donors (Lipinski definition) is 2. The molecular weight excluding hydrogens is 472 g/mol. The summed E-state index contributed by atoms with van der Waals surface area (Å²) >= 11 is 0. The molecule has 1 amide bonds. The van der Waals surface area contributed by atoms with Crippen molar-refractivity contribution in [3.8, 4) is 22.6 Å². The number of hydrogen-bond acceptors (Lipinski definition) is 4. The molecule has 4 aromatic rings. The fraction of sp³-hybridized carbons (Fsp3) is 0.333. The minimum atomic E-state index is -0.111. The number of aromatic hydroxyl groups is 1. The van der Waals surface area contributed by atoms with Crippen molar-refractivity contribution in [2.24, 2.45) is 5.92 Å². The van der Waals surface area contributed by atoms with Gasteiger partial charge in [-0.25, -0.2) is 0 Å². The molecule has 1 fully saturated rings. The average molecular weight is 509 g/mol. The zero-order chi connectivity index (χ0) is 26.2. The van der Waals surface area contributed by atoms with Gasteiger partial charge in [0.05, 0.1) is 6.61 Å². The number of aromatic nitrogens is 1. The third kappa shape index (κ3) is 6.52. The highest BCUT2D eigenvalue weighted by Gasteiger charge is 2.17. The molecule has 1 aromatic heterocycles. The Morgan fingerprint density at radius 1 is 0.974 bits per heavy atom. The molecule has 2 N–H and O–H groups in total. The molecule has 0 aliphatic heterocycles. The van der Waals surface area contributed by atoms with Crippen LogP contribution in [-0.2, 0) is 6.42 Å². The molecule has 0 saturated heterocycles. The first-order valence-electron chi connectivity index (χ1n) is 13.8. The molecule has 5 heteroatoms. The van der Waals surface area contributed by atoms with E-state index in [1.807, 2.05) is 54.6 Å².